The van der Waals surface area contributed by atoms with Crippen molar-refractivity contribution in [1.82, 2.24) is 9.78 Å². The van der Waals surface area contributed by atoms with E-state index in [1.54, 1.807) is 12.1 Å². The average molecular weight is 565 g/mol. The molecule has 0 saturated heterocycles. The zero-order valence-corrected chi connectivity index (χ0v) is 24.2. The Morgan fingerprint density at radius 1 is 1.18 bits per heavy atom. The number of halogens is 1. The maximum atomic E-state index is 13.6. The van der Waals surface area contributed by atoms with Gasteiger partial charge in [0.15, 0.2) is 5.60 Å². The molecule has 7 rings (SSSR count). The quantitative estimate of drug-likeness (QED) is 0.376. The molecule has 5 aliphatic carbocycles. The topological polar surface area (TPSA) is 81.4 Å². The minimum atomic E-state index is -1.29. The molecule has 0 aliphatic heterocycles. The summed E-state index contributed by atoms with van der Waals surface area (Å²) in [6, 6.07) is 6.38. The Labute approximate surface area is 239 Å². The summed E-state index contributed by atoms with van der Waals surface area (Å²) < 4.78 is 21.6. The van der Waals surface area contributed by atoms with Crippen LogP contribution in [0.3, 0.4) is 0 Å². The highest BCUT2D eigenvalue weighted by Crippen LogP contribution is 2.69. The monoisotopic (exact) mass is 564 g/mol. The standard InChI is InChI=1S/C32H37FN2O4S/c1-17-12-22-23-10-11-32(29(38)40,39-28(37)18-4-5-18)31(23,3)15-26(36)27(22)30(2)14-19-16-34-35(25(19)13-24(17)30)21-8-6-20(33)7-9-21/h6-9,13,16-18,22-23,26-27,36H,4-5,10-12,14-15H2,1-3H3,(H,38,40)/t17-,22-,23-,26-,27+,30-,31-,32-/m0/s1. The van der Waals surface area contributed by atoms with Gasteiger partial charge in [0.05, 0.1) is 29.6 Å². The number of benzene rings is 1. The molecule has 1 heterocycles. The number of carbonyl (C=O) groups excluding carboxylic acids is 2. The molecule has 8 heteroatoms. The van der Waals surface area contributed by atoms with Crippen LogP contribution in [0.25, 0.3) is 11.8 Å². The minimum absolute atomic E-state index is 0.0142. The van der Waals surface area contributed by atoms with E-state index in [0.717, 1.165) is 49.0 Å². The average Bonchev–Trinajstić information content (AvgIpc) is 3.61. The largest absolute Gasteiger partial charge is 0.449 e. The van der Waals surface area contributed by atoms with Crippen molar-refractivity contribution in [2.24, 2.45) is 40.4 Å². The normalized spacial score (nSPS) is 39.9. The predicted octanol–water partition coefficient (Wildman–Crippen LogP) is 5.56. The molecular formula is C32H37FN2O4S. The Kier molecular flexibility index (Phi) is 5.80. The van der Waals surface area contributed by atoms with Crippen molar-refractivity contribution in [2.45, 2.75) is 77.4 Å². The zero-order chi connectivity index (χ0) is 28.2. The van der Waals surface area contributed by atoms with E-state index >= 15 is 0 Å². The van der Waals surface area contributed by atoms with Crippen LogP contribution in [-0.2, 0) is 20.7 Å². The molecule has 212 valence electrons. The number of nitrogens with zero attached hydrogens (tertiary/aromatic N) is 2. The Morgan fingerprint density at radius 2 is 1.90 bits per heavy atom. The van der Waals surface area contributed by atoms with E-state index in [1.165, 1.54) is 17.7 Å². The summed E-state index contributed by atoms with van der Waals surface area (Å²) >= 11 is 4.30. The van der Waals surface area contributed by atoms with Gasteiger partial charge in [-0.15, -0.1) is 12.6 Å². The SMILES string of the molecule is C[C@H]1C[C@@H]2[C@H]([C@@H](O)C[C@@]3(C)[C@H]2CC[C@]3(OC(=O)C2CC2)C(=O)S)[C@@]2(C)Cc3cnn(-c4ccc(F)cc4)c3C=C12. The highest BCUT2D eigenvalue weighted by molar-refractivity contribution is 7.96. The number of esters is 1. The van der Waals surface area contributed by atoms with Gasteiger partial charge in [0, 0.05) is 5.41 Å². The van der Waals surface area contributed by atoms with Crippen LogP contribution in [0.15, 0.2) is 36.0 Å². The third-order valence-corrected chi connectivity index (χ3v) is 11.8. The first-order chi connectivity index (χ1) is 19.0. The third kappa shape index (κ3) is 3.54. The fourth-order valence-corrected chi connectivity index (χ4v) is 9.95. The van der Waals surface area contributed by atoms with Crippen molar-refractivity contribution in [1.29, 1.82) is 0 Å². The Balaban J connectivity index is 1.25. The number of allylic oxidation sites excluding steroid dienone is 1. The van der Waals surface area contributed by atoms with Gasteiger partial charge < -0.3 is 9.84 Å². The van der Waals surface area contributed by atoms with Gasteiger partial charge in [0.2, 0.25) is 5.12 Å². The van der Waals surface area contributed by atoms with E-state index in [4.69, 9.17) is 4.74 Å². The van der Waals surface area contributed by atoms with Crippen LogP contribution in [0, 0.1) is 46.2 Å². The van der Waals surface area contributed by atoms with Crippen LogP contribution in [0.5, 0.6) is 0 Å². The lowest BCUT2D eigenvalue weighted by Gasteiger charge is -2.61. The number of aromatic nitrogens is 2. The maximum Gasteiger partial charge on any atom is 0.309 e. The summed E-state index contributed by atoms with van der Waals surface area (Å²) in [5.41, 5.74) is 2.05. The Hall–Kier alpha value is -2.45. The minimum Gasteiger partial charge on any atom is -0.449 e. The summed E-state index contributed by atoms with van der Waals surface area (Å²) in [5, 5.41) is 16.3. The van der Waals surface area contributed by atoms with Crippen LogP contribution in [0.1, 0.15) is 70.6 Å². The van der Waals surface area contributed by atoms with Crippen molar-refractivity contribution in [3.63, 3.8) is 0 Å². The zero-order valence-electron chi connectivity index (χ0n) is 23.3. The molecule has 1 aromatic heterocycles. The Bertz CT molecular complexity index is 1430. The van der Waals surface area contributed by atoms with Gasteiger partial charge in [-0.05, 0) is 110 Å². The molecule has 0 radical (unpaired) electrons. The highest BCUT2D eigenvalue weighted by Gasteiger charge is 2.71. The maximum absolute atomic E-state index is 13.6. The first-order valence-corrected chi connectivity index (χ1v) is 15.1. The lowest BCUT2D eigenvalue weighted by atomic mass is 9.44. The van der Waals surface area contributed by atoms with Crippen molar-refractivity contribution < 1.29 is 23.8 Å². The third-order valence-electron chi connectivity index (χ3n) is 11.5. The van der Waals surface area contributed by atoms with E-state index in [2.05, 4.69) is 44.6 Å². The lowest BCUT2D eigenvalue weighted by molar-refractivity contribution is -0.198. The van der Waals surface area contributed by atoms with E-state index in [-0.39, 0.29) is 51.9 Å². The number of fused-ring (bicyclic) bond motifs is 6. The fraction of sp³-hybridized carbons (Fsp3) is 0.594. The van der Waals surface area contributed by atoms with E-state index < -0.39 is 17.1 Å². The van der Waals surface area contributed by atoms with Crippen LogP contribution in [0.2, 0.25) is 0 Å². The van der Waals surface area contributed by atoms with Gasteiger partial charge in [-0.1, -0.05) is 26.3 Å². The van der Waals surface area contributed by atoms with Crippen LogP contribution < -0.4 is 0 Å². The molecule has 2 aromatic rings. The van der Waals surface area contributed by atoms with Crippen molar-refractivity contribution in [3.8, 4) is 5.69 Å². The number of aliphatic hydroxyl groups excluding tert-OH is 1. The van der Waals surface area contributed by atoms with E-state index in [0.29, 0.717) is 12.8 Å². The van der Waals surface area contributed by atoms with E-state index in [1.807, 2.05) is 10.9 Å². The van der Waals surface area contributed by atoms with E-state index in [9.17, 15) is 19.1 Å². The number of ether oxygens (including phenoxy) is 1. The molecule has 1 aromatic carbocycles. The number of hydrogen-bond acceptors (Lipinski definition) is 5. The van der Waals surface area contributed by atoms with Crippen molar-refractivity contribution in [2.75, 3.05) is 0 Å². The van der Waals surface area contributed by atoms with Gasteiger partial charge in [-0.3, -0.25) is 9.59 Å². The first-order valence-electron chi connectivity index (χ1n) is 14.7. The number of carbonyl (C=O) groups is 2. The molecule has 1 N–H and O–H groups in total. The number of rotatable bonds is 4. The van der Waals surface area contributed by atoms with Crippen LogP contribution in [-0.4, -0.2) is 37.7 Å². The molecule has 40 heavy (non-hydrogen) atoms. The lowest BCUT2D eigenvalue weighted by Crippen LogP contribution is -2.63. The smallest absolute Gasteiger partial charge is 0.309 e. The molecule has 4 saturated carbocycles. The molecule has 0 amide bonds. The fourth-order valence-electron chi connectivity index (χ4n) is 9.54. The van der Waals surface area contributed by atoms with Gasteiger partial charge in [-0.2, -0.15) is 5.10 Å². The molecule has 5 aliphatic rings. The highest BCUT2D eigenvalue weighted by atomic mass is 32.1. The summed E-state index contributed by atoms with van der Waals surface area (Å²) in [5.74, 6) is -0.0580. The Morgan fingerprint density at radius 3 is 2.58 bits per heavy atom. The first kappa shape index (κ1) is 26.4. The molecule has 6 nitrogen and oxygen atoms in total. The molecule has 0 spiro atoms. The second kappa shape index (κ2) is 8.78. The second-order valence-corrected chi connectivity index (χ2v) is 14.0. The van der Waals surface area contributed by atoms with Crippen LogP contribution in [0.4, 0.5) is 4.39 Å². The summed E-state index contributed by atoms with van der Waals surface area (Å²) in [6.07, 6.45) is 8.45. The summed E-state index contributed by atoms with van der Waals surface area (Å²) in [7, 11) is 0. The number of hydrogen-bond donors (Lipinski definition) is 2. The number of aliphatic hydroxyl groups is 1. The van der Waals surface area contributed by atoms with Gasteiger partial charge >= 0.3 is 5.97 Å². The van der Waals surface area contributed by atoms with Gasteiger partial charge in [-0.25, -0.2) is 9.07 Å². The predicted molar refractivity (Wildman–Crippen MR) is 151 cm³/mol. The van der Waals surface area contributed by atoms with Crippen molar-refractivity contribution in [3.05, 3.63) is 53.1 Å². The summed E-state index contributed by atoms with van der Waals surface area (Å²) in [6.45, 7) is 6.61. The molecule has 0 unspecified atom stereocenters. The molecule has 8 atom stereocenters. The summed E-state index contributed by atoms with van der Waals surface area (Å²) in [4.78, 5) is 26.0. The molecule has 4 fully saturated rings. The number of thiol groups is 1. The molecular weight excluding hydrogens is 527 g/mol. The van der Waals surface area contributed by atoms with Gasteiger partial charge in [0.1, 0.15) is 5.82 Å². The second-order valence-electron chi connectivity index (χ2n) is 13.6. The molecule has 0 bridgehead atoms. The van der Waals surface area contributed by atoms with Crippen molar-refractivity contribution >= 4 is 29.8 Å². The van der Waals surface area contributed by atoms with Gasteiger partial charge in [0.25, 0.3) is 0 Å². The van der Waals surface area contributed by atoms with Crippen LogP contribution >= 0.6 is 12.6 Å².